The molecule has 0 aliphatic rings. The SMILES string of the molecule is CC(C)c1ccsc1-c1nc2ccc(CCc3ccccc3)cc2[nH]1. The summed E-state index contributed by atoms with van der Waals surface area (Å²) < 4.78 is 0. The van der Waals surface area contributed by atoms with Crippen LogP contribution in [0.25, 0.3) is 21.7 Å². The van der Waals surface area contributed by atoms with Crippen LogP contribution in [0.3, 0.4) is 0 Å². The summed E-state index contributed by atoms with van der Waals surface area (Å²) in [7, 11) is 0. The first-order valence-corrected chi connectivity index (χ1v) is 9.69. The number of H-pyrrole nitrogens is 1. The van der Waals surface area contributed by atoms with Crippen molar-refractivity contribution < 1.29 is 0 Å². The molecule has 25 heavy (non-hydrogen) atoms. The van der Waals surface area contributed by atoms with Gasteiger partial charge in [0.1, 0.15) is 5.82 Å². The van der Waals surface area contributed by atoms with Crippen LogP contribution in [0, 0.1) is 0 Å². The maximum Gasteiger partial charge on any atom is 0.148 e. The van der Waals surface area contributed by atoms with Gasteiger partial charge in [-0.15, -0.1) is 11.3 Å². The molecule has 2 heterocycles. The van der Waals surface area contributed by atoms with Crippen molar-refractivity contribution in [2.45, 2.75) is 32.6 Å². The second-order valence-electron chi connectivity index (χ2n) is 6.78. The Hall–Kier alpha value is -2.39. The molecule has 3 heteroatoms. The second kappa shape index (κ2) is 6.85. The lowest BCUT2D eigenvalue weighted by Crippen LogP contribution is -1.90. The predicted molar refractivity (Wildman–Crippen MR) is 107 cm³/mol. The summed E-state index contributed by atoms with van der Waals surface area (Å²) in [5.74, 6) is 1.50. The van der Waals surface area contributed by atoms with Gasteiger partial charge in [-0.1, -0.05) is 50.2 Å². The highest BCUT2D eigenvalue weighted by atomic mass is 32.1. The molecule has 2 nitrogen and oxygen atoms in total. The fourth-order valence-electron chi connectivity index (χ4n) is 3.22. The number of benzene rings is 2. The number of aromatic amines is 1. The highest BCUT2D eigenvalue weighted by molar-refractivity contribution is 7.13. The molecule has 2 aromatic heterocycles. The van der Waals surface area contributed by atoms with Gasteiger partial charge in [-0.05, 0) is 59.0 Å². The first-order chi connectivity index (χ1) is 12.2. The molecule has 0 fully saturated rings. The number of aromatic nitrogens is 2. The molecule has 0 aliphatic carbocycles. The Balaban J connectivity index is 1.60. The minimum Gasteiger partial charge on any atom is -0.337 e. The second-order valence-corrected chi connectivity index (χ2v) is 7.70. The molecule has 0 saturated heterocycles. The van der Waals surface area contributed by atoms with Gasteiger partial charge in [-0.25, -0.2) is 4.98 Å². The van der Waals surface area contributed by atoms with Crippen LogP contribution in [-0.2, 0) is 12.8 Å². The number of aryl methyl sites for hydroxylation is 2. The van der Waals surface area contributed by atoms with Crippen LogP contribution in [0.5, 0.6) is 0 Å². The molecule has 0 radical (unpaired) electrons. The standard InChI is InChI=1S/C22H22N2S/c1-15(2)18-12-13-25-21(18)22-23-19-11-10-17(14-20(19)24-22)9-8-16-6-4-3-5-7-16/h3-7,10-15H,8-9H2,1-2H3,(H,23,24). The highest BCUT2D eigenvalue weighted by Gasteiger charge is 2.14. The molecule has 0 saturated carbocycles. The summed E-state index contributed by atoms with van der Waals surface area (Å²) in [5.41, 5.74) is 6.27. The van der Waals surface area contributed by atoms with Crippen molar-refractivity contribution in [1.82, 2.24) is 9.97 Å². The van der Waals surface area contributed by atoms with Crippen molar-refractivity contribution in [3.05, 3.63) is 76.7 Å². The number of imidazole rings is 1. The summed E-state index contributed by atoms with van der Waals surface area (Å²) >= 11 is 1.76. The number of nitrogens with zero attached hydrogens (tertiary/aromatic N) is 1. The van der Waals surface area contributed by atoms with E-state index in [1.807, 2.05) is 0 Å². The molecule has 0 spiro atoms. The first-order valence-electron chi connectivity index (χ1n) is 8.81. The third-order valence-corrected chi connectivity index (χ3v) is 5.56. The topological polar surface area (TPSA) is 28.7 Å². The summed E-state index contributed by atoms with van der Waals surface area (Å²) in [6.45, 7) is 4.46. The van der Waals surface area contributed by atoms with E-state index in [-0.39, 0.29) is 0 Å². The van der Waals surface area contributed by atoms with Crippen LogP contribution in [0.2, 0.25) is 0 Å². The van der Waals surface area contributed by atoms with E-state index in [2.05, 4.69) is 78.8 Å². The number of fused-ring (bicyclic) bond motifs is 1. The van der Waals surface area contributed by atoms with E-state index < -0.39 is 0 Å². The van der Waals surface area contributed by atoms with Crippen LogP contribution < -0.4 is 0 Å². The smallest absolute Gasteiger partial charge is 0.148 e. The zero-order chi connectivity index (χ0) is 17.2. The Morgan fingerprint density at radius 1 is 0.960 bits per heavy atom. The van der Waals surface area contributed by atoms with Gasteiger partial charge in [0.15, 0.2) is 0 Å². The largest absolute Gasteiger partial charge is 0.337 e. The molecule has 2 aromatic carbocycles. The van der Waals surface area contributed by atoms with Gasteiger partial charge in [-0.3, -0.25) is 0 Å². The maximum atomic E-state index is 4.81. The average Bonchev–Trinajstić information content (AvgIpc) is 3.26. The van der Waals surface area contributed by atoms with Crippen LogP contribution in [-0.4, -0.2) is 9.97 Å². The lowest BCUT2D eigenvalue weighted by atomic mass is 10.0. The molecule has 4 aromatic rings. The van der Waals surface area contributed by atoms with E-state index >= 15 is 0 Å². The molecule has 4 rings (SSSR count). The van der Waals surface area contributed by atoms with Crippen LogP contribution in [0.1, 0.15) is 36.5 Å². The zero-order valence-electron chi connectivity index (χ0n) is 14.6. The zero-order valence-corrected chi connectivity index (χ0v) is 15.4. The third kappa shape index (κ3) is 3.38. The third-order valence-electron chi connectivity index (χ3n) is 4.62. The molecule has 0 unspecified atom stereocenters. The van der Waals surface area contributed by atoms with E-state index in [0.717, 1.165) is 29.7 Å². The molecule has 1 N–H and O–H groups in total. The Labute approximate surface area is 152 Å². The lowest BCUT2D eigenvalue weighted by Gasteiger charge is -2.04. The molecular weight excluding hydrogens is 324 g/mol. The van der Waals surface area contributed by atoms with E-state index in [1.165, 1.54) is 21.6 Å². The van der Waals surface area contributed by atoms with Crippen LogP contribution >= 0.6 is 11.3 Å². The number of hydrogen-bond donors (Lipinski definition) is 1. The Bertz CT molecular complexity index is 980. The van der Waals surface area contributed by atoms with Crippen molar-refractivity contribution in [2.75, 3.05) is 0 Å². The molecular formula is C22H22N2S. The molecule has 0 bridgehead atoms. The van der Waals surface area contributed by atoms with Crippen LogP contribution in [0.4, 0.5) is 0 Å². The average molecular weight is 346 g/mol. The molecule has 0 atom stereocenters. The van der Waals surface area contributed by atoms with Gasteiger partial charge >= 0.3 is 0 Å². The van der Waals surface area contributed by atoms with Gasteiger partial charge in [0.05, 0.1) is 15.9 Å². The highest BCUT2D eigenvalue weighted by Crippen LogP contribution is 2.33. The Kier molecular flexibility index (Phi) is 4.41. The summed E-state index contributed by atoms with van der Waals surface area (Å²) in [5, 5.41) is 2.16. The Morgan fingerprint density at radius 3 is 2.56 bits per heavy atom. The van der Waals surface area contributed by atoms with Crippen molar-refractivity contribution in [3.63, 3.8) is 0 Å². The van der Waals surface area contributed by atoms with Crippen molar-refractivity contribution in [1.29, 1.82) is 0 Å². The van der Waals surface area contributed by atoms with Crippen molar-refractivity contribution in [3.8, 4) is 10.7 Å². The maximum absolute atomic E-state index is 4.81. The minimum absolute atomic E-state index is 0.510. The minimum atomic E-state index is 0.510. The normalized spacial score (nSPS) is 11.5. The first kappa shape index (κ1) is 16.1. The fourth-order valence-corrected chi connectivity index (χ4v) is 4.22. The summed E-state index contributed by atoms with van der Waals surface area (Å²) in [4.78, 5) is 9.60. The number of nitrogens with one attached hydrogen (secondary N) is 1. The van der Waals surface area contributed by atoms with Gasteiger partial charge in [0.25, 0.3) is 0 Å². The van der Waals surface area contributed by atoms with Gasteiger partial charge in [0, 0.05) is 0 Å². The summed E-state index contributed by atoms with van der Waals surface area (Å²) in [6.07, 6.45) is 2.11. The molecule has 0 aliphatic heterocycles. The molecule has 0 amide bonds. The fraction of sp³-hybridized carbons (Fsp3) is 0.227. The van der Waals surface area contributed by atoms with Crippen molar-refractivity contribution >= 4 is 22.4 Å². The summed E-state index contributed by atoms with van der Waals surface area (Å²) in [6, 6.07) is 19.5. The van der Waals surface area contributed by atoms with Crippen molar-refractivity contribution in [2.24, 2.45) is 0 Å². The van der Waals surface area contributed by atoms with Gasteiger partial charge < -0.3 is 4.98 Å². The van der Waals surface area contributed by atoms with Gasteiger partial charge in [-0.2, -0.15) is 0 Å². The number of thiophene rings is 1. The van der Waals surface area contributed by atoms with E-state index in [9.17, 15) is 0 Å². The van der Waals surface area contributed by atoms with E-state index in [1.54, 1.807) is 11.3 Å². The monoisotopic (exact) mass is 346 g/mol. The van der Waals surface area contributed by atoms with Crippen LogP contribution in [0.15, 0.2) is 60.0 Å². The molecule has 126 valence electrons. The number of rotatable bonds is 5. The van der Waals surface area contributed by atoms with E-state index in [4.69, 9.17) is 4.98 Å². The number of hydrogen-bond acceptors (Lipinski definition) is 2. The van der Waals surface area contributed by atoms with Gasteiger partial charge in [0.2, 0.25) is 0 Å². The van der Waals surface area contributed by atoms with E-state index in [0.29, 0.717) is 5.92 Å². The lowest BCUT2D eigenvalue weighted by molar-refractivity contribution is 0.873. The predicted octanol–water partition coefficient (Wildman–Crippen LogP) is 6.20. The Morgan fingerprint density at radius 2 is 1.76 bits per heavy atom. The quantitative estimate of drug-likeness (QED) is 0.458.